The first-order valence-electron chi connectivity index (χ1n) is 12.8. The minimum absolute atomic E-state index is 0.0324. The second-order valence-corrected chi connectivity index (χ2v) is 11.0. The van der Waals surface area contributed by atoms with Crippen molar-refractivity contribution >= 4 is 22.4 Å². The Labute approximate surface area is 224 Å². The van der Waals surface area contributed by atoms with Gasteiger partial charge in [0.1, 0.15) is 28.9 Å². The molecule has 0 saturated heterocycles. The van der Waals surface area contributed by atoms with E-state index in [0.717, 1.165) is 64.4 Å². The predicted molar refractivity (Wildman–Crippen MR) is 146 cm³/mol. The summed E-state index contributed by atoms with van der Waals surface area (Å²) in [5.41, 5.74) is 5.93. The number of fused-ring (bicyclic) bond motifs is 2. The van der Waals surface area contributed by atoms with Gasteiger partial charge in [0.25, 0.3) is 0 Å². The van der Waals surface area contributed by atoms with Crippen molar-refractivity contribution in [3.8, 4) is 17.3 Å². The molecule has 0 amide bonds. The van der Waals surface area contributed by atoms with Gasteiger partial charge < -0.3 is 10.4 Å². The molecule has 6 rings (SSSR count). The summed E-state index contributed by atoms with van der Waals surface area (Å²) in [4.78, 5) is 14.3. The Hall–Kier alpha value is -4.40. The van der Waals surface area contributed by atoms with E-state index in [4.69, 9.17) is 15.1 Å². The fraction of sp³-hybridized carbons (Fsp3) is 0.267. The van der Waals surface area contributed by atoms with Crippen molar-refractivity contribution in [1.29, 1.82) is 0 Å². The molecule has 0 bridgehead atoms. The lowest BCUT2D eigenvalue weighted by Crippen LogP contribution is -2.10. The van der Waals surface area contributed by atoms with Crippen LogP contribution in [0.2, 0.25) is 0 Å². The van der Waals surface area contributed by atoms with E-state index in [2.05, 4.69) is 24.1 Å². The molecule has 0 atom stereocenters. The minimum atomic E-state index is -0.834. The standard InChI is InChI=1S/C30H28F2N6O/c1-16-14-33-17(2)9-24(16)34-28-20-12-30(3,4)13-25(20)35-29(36-28)27-19-7-5-6-8-26(19)38(37-27)15-21-22(31)10-18(39)11-23(21)32/h5-11,14,39H,12-13,15H2,1-4H3,(H,33,34,35,36). The molecular weight excluding hydrogens is 498 g/mol. The summed E-state index contributed by atoms with van der Waals surface area (Å²) in [5.74, 6) is -0.963. The summed E-state index contributed by atoms with van der Waals surface area (Å²) >= 11 is 0. The number of nitrogens with zero attached hydrogens (tertiary/aromatic N) is 5. The van der Waals surface area contributed by atoms with Crippen molar-refractivity contribution in [2.75, 3.05) is 5.32 Å². The molecule has 7 nitrogen and oxygen atoms in total. The number of nitrogens with one attached hydrogen (secondary N) is 1. The Kier molecular flexibility index (Phi) is 5.82. The third-order valence-corrected chi connectivity index (χ3v) is 7.19. The molecule has 3 aromatic heterocycles. The summed E-state index contributed by atoms with van der Waals surface area (Å²) in [6.45, 7) is 8.21. The van der Waals surface area contributed by atoms with Crippen molar-refractivity contribution < 1.29 is 13.9 Å². The Morgan fingerprint density at radius 2 is 1.77 bits per heavy atom. The SMILES string of the molecule is Cc1cc(Nc2nc(-c3nn(Cc4c(F)cc(O)cc4F)c4ccccc34)nc3c2CC(C)(C)C3)c(C)cn1. The molecule has 5 aromatic rings. The van der Waals surface area contributed by atoms with Gasteiger partial charge in [-0.2, -0.15) is 5.10 Å². The highest BCUT2D eigenvalue weighted by Gasteiger charge is 2.33. The highest BCUT2D eigenvalue weighted by Crippen LogP contribution is 2.41. The number of para-hydroxylation sites is 1. The molecule has 9 heteroatoms. The molecule has 0 aliphatic heterocycles. The Balaban J connectivity index is 1.49. The van der Waals surface area contributed by atoms with Gasteiger partial charge in [-0.05, 0) is 49.8 Å². The summed E-state index contributed by atoms with van der Waals surface area (Å²) in [6, 6.07) is 11.3. The molecule has 0 fully saturated rings. The fourth-order valence-electron chi connectivity index (χ4n) is 5.26. The van der Waals surface area contributed by atoms with Crippen LogP contribution in [-0.4, -0.2) is 29.8 Å². The van der Waals surface area contributed by atoms with Gasteiger partial charge in [0.2, 0.25) is 0 Å². The van der Waals surface area contributed by atoms with Crippen LogP contribution in [0.3, 0.4) is 0 Å². The van der Waals surface area contributed by atoms with E-state index < -0.39 is 17.4 Å². The number of hydrogen-bond donors (Lipinski definition) is 2. The molecule has 0 radical (unpaired) electrons. The van der Waals surface area contributed by atoms with Crippen LogP contribution < -0.4 is 5.32 Å². The molecule has 2 aromatic carbocycles. The highest BCUT2D eigenvalue weighted by atomic mass is 19.1. The number of phenols is 1. The van der Waals surface area contributed by atoms with Crippen LogP contribution in [-0.2, 0) is 19.4 Å². The third kappa shape index (κ3) is 4.58. The van der Waals surface area contributed by atoms with Crippen LogP contribution >= 0.6 is 0 Å². The maximum atomic E-state index is 14.6. The highest BCUT2D eigenvalue weighted by molar-refractivity contribution is 5.92. The summed E-state index contributed by atoms with van der Waals surface area (Å²) in [7, 11) is 0. The van der Waals surface area contributed by atoms with Gasteiger partial charge in [0.05, 0.1) is 17.8 Å². The monoisotopic (exact) mass is 526 g/mol. The van der Waals surface area contributed by atoms with E-state index in [0.29, 0.717) is 17.0 Å². The van der Waals surface area contributed by atoms with Crippen LogP contribution in [0.15, 0.2) is 48.7 Å². The largest absolute Gasteiger partial charge is 0.508 e. The summed E-state index contributed by atoms with van der Waals surface area (Å²) < 4.78 is 30.7. The summed E-state index contributed by atoms with van der Waals surface area (Å²) in [6.07, 6.45) is 3.47. The van der Waals surface area contributed by atoms with Crippen LogP contribution in [0.25, 0.3) is 22.4 Å². The minimum Gasteiger partial charge on any atom is -0.508 e. The lowest BCUT2D eigenvalue weighted by atomic mass is 9.90. The molecule has 0 saturated carbocycles. The van der Waals surface area contributed by atoms with E-state index in [1.807, 2.05) is 50.4 Å². The van der Waals surface area contributed by atoms with Crippen LogP contribution in [0.5, 0.6) is 5.75 Å². The number of halogens is 2. The maximum Gasteiger partial charge on any atom is 0.182 e. The van der Waals surface area contributed by atoms with Crippen LogP contribution in [0.1, 0.15) is 41.9 Å². The van der Waals surface area contributed by atoms with E-state index in [9.17, 15) is 13.9 Å². The first-order valence-corrected chi connectivity index (χ1v) is 12.8. The molecule has 1 aliphatic rings. The van der Waals surface area contributed by atoms with Gasteiger partial charge in [-0.3, -0.25) is 9.67 Å². The van der Waals surface area contributed by atoms with Gasteiger partial charge in [0.15, 0.2) is 5.82 Å². The van der Waals surface area contributed by atoms with Crippen molar-refractivity contribution in [3.05, 3.63) is 88.4 Å². The number of anilines is 2. The zero-order chi connectivity index (χ0) is 27.5. The number of phenolic OH excluding ortho intramolecular Hbond substituents is 1. The number of pyridine rings is 1. The fourth-order valence-corrected chi connectivity index (χ4v) is 5.26. The van der Waals surface area contributed by atoms with Crippen molar-refractivity contribution in [2.45, 2.75) is 47.1 Å². The molecule has 1 aliphatic carbocycles. The van der Waals surface area contributed by atoms with E-state index in [1.165, 1.54) is 0 Å². The van der Waals surface area contributed by atoms with Crippen LogP contribution in [0.4, 0.5) is 20.3 Å². The maximum absolute atomic E-state index is 14.6. The van der Waals surface area contributed by atoms with Gasteiger partial charge in [-0.15, -0.1) is 0 Å². The van der Waals surface area contributed by atoms with Crippen molar-refractivity contribution in [3.63, 3.8) is 0 Å². The van der Waals surface area contributed by atoms with E-state index in [1.54, 1.807) is 4.68 Å². The topological polar surface area (TPSA) is 88.8 Å². The van der Waals surface area contributed by atoms with Crippen molar-refractivity contribution in [1.82, 2.24) is 24.7 Å². The number of hydrogen-bond acceptors (Lipinski definition) is 6. The van der Waals surface area contributed by atoms with Crippen LogP contribution in [0, 0.1) is 30.9 Å². The number of aryl methyl sites for hydroxylation is 2. The summed E-state index contributed by atoms with van der Waals surface area (Å²) in [5, 5.41) is 18.6. The average Bonchev–Trinajstić information content (AvgIpc) is 3.39. The number of aromatic nitrogens is 5. The molecule has 39 heavy (non-hydrogen) atoms. The zero-order valence-electron chi connectivity index (χ0n) is 22.2. The predicted octanol–water partition coefficient (Wildman–Crippen LogP) is 6.41. The van der Waals surface area contributed by atoms with Gasteiger partial charge >= 0.3 is 0 Å². The Bertz CT molecular complexity index is 1740. The first kappa shape index (κ1) is 24.9. The second kappa shape index (κ2) is 9.11. The lowest BCUT2D eigenvalue weighted by molar-refractivity contribution is 0.391. The Morgan fingerprint density at radius 3 is 2.54 bits per heavy atom. The normalized spacial score (nSPS) is 14.1. The van der Waals surface area contributed by atoms with E-state index in [-0.39, 0.29) is 17.5 Å². The lowest BCUT2D eigenvalue weighted by Gasteiger charge is -2.16. The molecule has 3 heterocycles. The van der Waals surface area contributed by atoms with Gasteiger partial charge in [-0.1, -0.05) is 32.0 Å². The van der Waals surface area contributed by atoms with Gasteiger partial charge in [-0.25, -0.2) is 18.7 Å². The number of rotatable bonds is 5. The molecule has 2 N–H and O–H groups in total. The zero-order valence-corrected chi connectivity index (χ0v) is 22.2. The molecule has 0 spiro atoms. The van der Waals surface area contributed by atoms with Gasteiger partial charge in [0, 0.05) is 46.2 Å². The molecule has 0 unspecified atom stereocenters. The molecular formula is C30H28F2N6O. The quantitative estimate of drug-likeness (QED) is 0.275. The Morgan fingerprint density at radius 1 is 1.03 bits per heavy atom. The third-order valence-electron chi connectivity index (χ3n) is 7.19. The van der Waals surface area contributed by atoms with E-state index >= 15 is 0 Å². The number of benzene rings is 2. The smallest absolute Gasteiger partial charge is 0.182 e. The number of aromatic hydroxyl groups is 1. The average molecular weight is 527 g/mol. The molecule has 198 valence electrons. The second-order valence-electron chi connectivity index (χ2n) is 11.0. The van der Waals surface area contributed by atoms with Crippen molar-refractivity contribution in [2.24, 2.45) is 5.41 Å². The first-order chi connectivity index (χ1) is 18.6.